The van der Waals surface area contributed by atoms with Gasteiger partial charge >= 0.3 is 6.18 Å². The normalized spacial score (nSPS) is 12.3. The van der Waals surface area contributed by atoms with Gasteiger partial charge in [0.2, 0.25) is 0 Å². The van der Waals surface area contributed by atoms with Gasteiger partial charge in [0.25, 0.3) is 0 Å². The molecule has 0 fully saturated rings. The summed E-state index contributed by atoms with van der Waals surface area (Å²) in [6.07, 6.45) is -1.87. The molecule has 2 aromatic rings. The molecule has 0 atom stereocenters. The first-order chi connectivity index (χ1) is 6.47. The molecule has 0 saturated carbocycles. The molecule has 0 aliphatic heterocycles. The van der Waals surface area contributed by atoms with Gasteiger partial charge in [-0.2, -0.15) is 13.2 Å². The lowest BCUT2D eigenvalue weighted by Crippen LogP contribution is -2.05. The number of hydrogen-bond donors (Lipinski definition) is 0. The molecule has 0 amide bonds. The zero-order valence-electron chi connectivity index (χ0n) is 7.04. The molecule has 0 aromatic carbocycles. The largest absolute Gasteiger partial charge is 0.417 e. The van der Waals surface area contributed by atoms with E-state index in [-0.39, 0.29) is 0 Å². The molecular weight excluding hydrogens is 193 g/mol. The lowest BCUT2D eigenvalue weighted by atomic mass is 10.3. The summed E-state index contributed by atoms with van der Waals surface area (Å²) in [5.74, 6) is 0. The highest BCUT2D eigenvalue weighted by molar-refractivity contribution is 5.42. The van der Waals surface area contributed by atoms with E-state index < -0.39 is 11.7 Å². The van der Waals surface area contributed by atoms with Gasteiger partial charge < -0.3 is 4.40 Å². The van der Waals surface area contributed by atoms with Crippen molar-refractivity contribution >= 4 is 5.65 Å². The Balaban J connectivity index is 2.62. The van der Waals surface area contributed by atoms with Crippen molar-refractivity contribution in [2.45, 2.75) is 6.18 Å². The van der Waals surface area contributed by atoms with Gasteiger partial charge in [-0.1, -0.05) is 0 Å². The third-order valence-electron chi connectivity index (χ3n) is 1.83. The topological polar surface area (TPSA) is 17.3 Å². The molecule has 14 heavy (non-hydrogen) atoms. The van der Waals surface area contributed by atoms with Gasteiger partial charge in [-0.3, -0.25) is 0 Å². The van der Waals surface area contributed by atoms with Crippen molar-refractivity contribution in [1.29, 1.82) is 0 Å². The van der Waals surface area contributed by atoms with E-state index in [1.165, 1.54) is 16.7 Å². The van der Waals surface area contributed by atoms with Crippen LogP contribution in [0.2, 0.25) is 0 Å². The summed E-state index contributed by atoms with van der Waals surface area (Å²) in [7, 11) is 0. The highest BCUT2D eigenvalue weighted by atomic mass is 19.4. The van der Waals surface area contributed by atoms with Gasteiger partial charge in [-0.05, 0) is 19.1 Å². The average Bonchev–Trinajstić information content (AvgIpc) is 2.41. The van der Waals surface area contributed by atoms with E-state index in [0.717, 1.165) is 12.3 Å². The Bertz CT molecular complexity index is 470. The number of alkyl halides is 3. The minimum Gasteiger partial charge on any atom is -0.306 e. The van der Waals surface area contributed by atoms with Crippen LogP contribution in [-0.2, 0) is 6.18 Å². The van der Waals surface area contributed by atoms with Gasteiger partial charge in [0.1, 0.15) is 5.65 Å². The molecule has 1 radical (unpaired) electrons. The second-order valence-corrected chi connectivity index (χ2v) is 2.91. The smallest absolute Gasteiger partial charge is 0.306 e. The van der Waals surface area contributed by atoms with Crippen molar-refractivity contribution in [1.82, 2.24) is 9.38 Å². The number of pyridine rings is 1. The van der Waals surface area contributed by atoms with Crippen LogP contribution in [0.1, 0.15) is 11.3 Å². The summed E-state index contributed by atoms with van der Waals surface area (Å²) in [6, 6.07) is 2.32. The van der Waals surface area contributed by atoms with Crippen LogP contribution in [0.5, 0.6) is 0 Å². The molecule has 2 heterocycles. The highest BCUT2D eigenvalue weighted by Crippen LogP contribution is 2.29. The molecule has 2 aromatic heterocycles. The number of halogens is 3. The van der Waals surface area contributed by atoms with Crippen molar-refractivity contribution < 1.29 is 13.2 Å². The third kappa shape index (κ3) is 1.45. The Morgan fingerprint density at radius 1 is 1.21 bits per heavy atom. The summed E-state index contributed by atoms with van der Waals surface area (Å²) in [4.78, 5) is 3.92. The van der Waals surface area contributed by atoms with Gasteiger partial charge in [0, 0.05) is 12.4 Å². The van der Waals surface area contributed by atoms with E-state index in [4.69, 9.17) is 0 Å². The van der Waals surface area contributed by atoms with Crippen molar-refractivity contribution in [3.63, 3.8) is 0 Å². The molecule has 73 valence electrons. The SMILES string of the molecule is [CH2]c1cn2cc(C(F)(F)F)ccc2n1. The monoisotopic (exact) mass is 199 g/mol. The number of nitrogens with zero attached hydrogens (tertiary/aromatic N) is 2. The predicted octanol–water partition coefficient (Wildman–Crippen LogP) is 2.54. The fourth-order valence-electron chi connectivity index (χ4n) is 1.21. The fourth-order valence-corrected chi connectivity index (χ4v) is 1.21. The average molecular weight is 199 g/mol. The van der Waals surface area contributed by atoms with Crippen molar-refractivity contribution in [2.24, 2.45) is 0 Å². The number of rotatable bonds is 0. The van der Waals surface area contributed by atoms with E-state index in [0.29, 0.717) is 11.3 Å². The molecule has 0 aliphatic carbocycles. The van der Waals surface area contributed by atoms with Crippen molar-refractivity contribution in [2.75, 3.05) is 0 Å². The van der Waals surface area contributed by atoms with Crippen LogP contribution in [0, 0.1) is 6.92 Å². The molecule has 0 unspecified atom stereocenters. The third-order valence-corrected chi connectivity index (χ3v) is 1.83. The summed E-state index contributed by atoms with van der Waals surface area (Å²) >= 11 is 0. The van der Waals surface area contributed by atoms with Crippen LogP contribution >= 0.6 is 0 Å². The molecular formula is C9H6F3N2. The maximum Gasteiger partial charge on any atom is 0.417 e. The molecule has 0 bridgehead atoms. The molecule has 0 saturated heterocycles. The Hall–Kier alpha value is -1.52. The van der Waals surface area contributed by atoms with Crippen LogP contribution in [0.15, 0.2) is 24.5 Å². The summed E-state index contributed by atoms with van der Waals surface area (Å²) < 4.78 is 38.1. The number of hydrogen-bond acceptors (Lipinski definition) is 1. The molecule has 0 spiro atoms. The van der Waals surface area contributed by atoms with Crippen LogP contribution < -0.4 is 0 Å². The number of imidazole rings is 1. The molecule has 2 rings (SSSR count). The standard InChI is InChI=1S/C9H6F3N2/c1-6-4-14-5-7(9(10,11)12)2-3-8(14)13-6/h2-5H,1H2. The fraction of sp³-hybridized carbons (Fsp3) is 0.111. The lowest BCUT2D eigenvalue weighted by molar-refractivity contribution is -0.137. The Morgan fingerprint density at radius 2 is 1.93 bits per heavy atom. The van der Waals surface area contributed by atoms with Crippen LogP contribution in [-0.4, -0.2) is 9.38 Å². The van der Waals surface area contributed by atoms with Crippen molar-refractivity contribution in [3.05, 3.63) is 42.7 Å². The first kappa shape index (κ1) is 9.05. The second kappa shape index (κ2) is 2.73. The summed E-state index contributed by atoms with van der Waals surface area (Å²) in [5, 5.41) is 0. The van der Waals surface area contributed by atoms with E-state index in [1.807, 2.05) is 0 Å². The van der Waals surface area contributed by atoms with E-state index >= 15 is 0 Å². The zero-order chi connectivity index (χ0) is 10.3. The molecule has 5 heteroatoms. The summed E-state index contributed by atoms with van der Waals surface area (Å²) in [6.45, 7) is 3.54. The van der Waals surface area contributed by atoms with E-state index in [1.54, 1.807) is 0 Å². The molecule has 2 nitrogen and oxygen atoms in total. The Kier molecular flexibility index (Phi) is 1.77. The van der Waals surface area contributed by atoms with Crippen LogP contribution in [0.4, 0.5) is 13.2 Å². The quantitative estimate of drug-likeness (QED) is 0.637. The van der Waals surface area contributed by atoms with E-state index in [2.05, 4.69) is 11.9 Å². The van der Waals surface area contributed by atoms with Gasteiger partial charge in [0.15, 0.2) is 0 Å². The molecule has 0 aliphatic rings. The second-order valence-electron chi connectivity index (χ2n) is 2.91. The molecule has 0 N–H and O–H groups in total. The first-order valence-electron chi connectivity index (χ1n) is 3.85. The van der Waals surface area contributed by atoms with Crippen molar-refractivity contribution in [3.8, 4) is 0 Å². The lowest BCUT2D eigenvalue weighted by Gasteiger charge is -2.05. The van der Waals surface area contributed by atoms with Crippen LogP contribution in [0.3, 0.4) is 0 Å². The van der Waals surface area contributed by atoms with Gasteiger partial charge in [0.05, 0.1) is 11.3 Å². The predicted molar refractivity (Wildman–Crippen MR) is 44.7 cm³/mol. The van der Waals surface area contributed by atoms with Crippen LogP contribution in [0.25, 0.3) is 5.65 Å². The maximum atomic E-state index is 12.3. The number of aromatic nitrogens is 2. The summed E-state index contributed by atoms with van der Waals surface area (Å²) in [5.41, 5.74) is 0.217. The van der Waals surface area contributed by atoms with E-state index in [9.17, 15) is 13.2 Å². The maximum absolute atomic E-state index is 12.3. The van der Waals surface area contributed by atoms with Gasteiger partial charge in [-0.15, -0.1) is 0 Å². The minimum absolute atomic E-state index is 0.448. The zero-order valence-corrected chi connectivity index (χ0v) is 7.04. The highest BCUT2D eigenvalue weighted by Gasteiger charge is 2.30. The minimum atomic E-state index is -4.32. The number of fused-ring (bicyclic) bond motifs is 1. The Labute approximate surface area is 78.0 Å². The Morgan fingerprint density at radius 3 is 2.57 bits per heavy atom. The first-order valence-corrected chi connectivity index (χ1v) is 3.85. The van der Waals surface area contributed by atoms with Gasteiger partial charge in [-0.25, -0.2) is 4.98 Å².